The average Bonchev–Trinajstić information content (AvgIpc) is 2.91. The minimum Gasteiger partial charge on any atom is -0.360 e. The summed E-state index contributed by atoms with van der Waals surface area (Å²) in [5.74, 6) is -0.134. The number of nitrogens with one attached hydrogen (secondary N) is 1. The second kappa shape index (κ2) is 7.06. The van der Waals surface area contributed by atoms with Crippen LogP contribution in [0.2, 0.25) is 0 Å². The molecule has 8 nitrogen and oxygen atoms in total. The molecule has 1 amide bonds. The summed E-state index contributed by atoms with van der Waals surface area (Å²) in [7, 11) is -3.54. The lowest BCUT2D eigenvalue weighted by molar-refractivity contribution is -0.383. The van der Waals surface area contributed by atoms with Crippen LogP contribution < -0.4 is 5.32 Å². The quantitative estimate of drug-likeness (QED) is 0.624. The Morgan fingerprint density at radius 1 is 1.50 bits per heavy atom. The summed E-state index contributed by atoms with van der Waals surface area (Å²) >= 11 is 0.776. The topological polar surface area (TPSA) is 110 Å². The molecule has 0 radical (unpaired) electrons. The molecule has 0 aliphatic carbocycles. The van der Waals surface area contributed by atoms with E-state index in [1.165, 1.54) is 0 Å². The predicted molar refractivity (Wildman–Crippen MR) is 92.2 cm³/mol. The molecule has 2 atom stereocenters. The standard InChI is InChI=1S/C14H21N3O5S2/c1-9-6-4-5-7-16(9)14(18)10(2)15-13-11(17(19)20)8-12(23-13)24(3,21)22/h8-10,15H,4-7H2,1-3H3. The molecule has 1 aromatic rings. The zero-order chi connectivity index (χ0) is 18.1. The number of hydrogen-bond donors (Lipinski definition) is 1. The molecule has 10 heteroatoms. The van der Waals surface area contributed by atoms with Gasteiger partial charge < -0.3 is 10.2 Å². The van der Waals surface area contributed by atoms with E-state index in [-0.39, 0.29) is 26.8 Å². The van der Waals surface area contributed by atoms with Gasteiger partial charge >= 0.3 is 5.69 Å². The lowest BCUT2D eigenvalue weighted by atomic mass is 10.0. The van der Waals surface area contributed by atoms with Crippen molar-refractivity contribution in [2.75, 3.05) is 18.1 Å². The molecule has 2 heterocycles. The molecule has 0 aromatic carbocycles. The van der Waals surface area contributed by atoms with E-state index in [0.717, 1.165) is 42.9 Å². The molecule has 2 rings (SSSR count). The highest BCUT2D eigenvalue weighted by atomic mass is 32.2. The van der Waals surface area contributed by atoms with Crippen LogP contribution in [0.15, 0.2) is 10.3 Å². The summed E-state index contributed by atoms with van der Waals surface area (Å²) in [4.78, 5) is 24.9. The number of carbonyl (C=O) groups is 1. The van der Waals surface area contributed by atoms with Gasteiger partial charge in [-0.05, 0) is 33.1 Å². The molecule has 2 unspecified atom stereocenters. The number of hydrogen-bond acceptors (Lipinski definition) is 7. The average molecular weight is 375 g/mol. The monoisotopic (exact) mass is 375 g/mol. The highest BCUT2D eigenvalue weighted by molar-refractivity contribution is 7.92. The number of nitro groups is 1. The number of sulfone groups is 1. The number of amides is 1. The second-order valence-corrected chi connectivity index (χ2v) is 9.35. The van der Waals surface area contributed by atoms with E-state index in [0.29, 0.717) is 6.54 Å². The van der Waals surface area contributed by atoms with E-state index in [9.17, 15) is 23.3 Å². The highest BCUT2D eigenvalue weighted by Crippen LogP contribution is 2.37. The van der Waals surface area contributed by atoms with Gasteiger partial charge in [-0.15, -0.1) is 0 Å². The number of piperidine rings is 1. The van der Waals surface area contributed by atoms with Gasteiger partial charge in [0.05, 0.1) is 4.92 Å². The minimum atomic E-state index is -3.54. The third-order valence-corrected chi connectivity index (χ3v) is 6.91. The summed E-state index contributed by atoms with van der Waals surface area (Å²) in [6, 6.07) is 0.499. The Morgan fingerprint density at radius 2 is 2.17 bits per heavy atom. The van der Waals surface area contributed by atoms with Crippen molar-refractivity contribution in [3.05, 3.63) is 16.2 Å². The SMILES string of the molecule is CC(Nc1sc(S(C)(=O)=O)cc1[N+](=O)[O-])C(=O)N1CCCCC1C. The molecule has 1 fully saturated rings. The van der Waals surface area contributed by atoms with E-state index >= 15 is 0 Å². The van der Waals surface area contributed by atoms with Crippen molar-refractivity contribution in [3.63, 3.8) is 0 Å². The number of rotatable bonds is 5. The van der Waals surface area contributed by atoms with Gasteiger partial charge in [0.2, 0.25) is 5.91 Å². The first-order chi connectivity index (χ1) is 11.1. The maximum atomic E-state index is 12.6. The molecule has 134 valence electrons. The highest BCUT2D eigenvalue weighted by Gasteiger charge is 2.30. The van der Waals surface area contributed by atoms with Gasteiger partial charge in [-0.1, -0.05) is 11.3 Å². The Morgan fingerprint density at radius 3 is 2.71 bits per heavy atom. The lowest BCUT2D eigenvalue weighted by Gasteiger charge is -2.35. The number of likely N-dealkylation sites (tertiary alicyclic amines) is 1. The lowest BCUT2D eigenvalue weighted by Crippen LogP contribution is -2.48. The minimum absolute atomic E-state index is 0.0888. The van der Waals surface area contributed by atoms with E-state index in [4.69, 9.17) is 0 Å². The number of anilines is 1. The largest absolute Gasteiger partial charge is 0.360 e. The van der Waals surface area contributed by atoms with Crippen LogP contribution in [0.1, 0.15) is 33.1 Å². The molecule has 0 spiro atoms. The summed E-state index contributed by atoms with van der Waals surface area (Å²) in [5.41, 5.74) is -0.327. The van der Waals surface area contributed by atoms with Crippen molar-refractivity contribution in [3.8, 4) is 0 Å². The van der Waals surface area contributed by atoms with E-state index < -0.39 is 20.8 Å². The molecular formula is C14H21N3O5S2. The fourth-order valence-electron chi connectivity index (χ4n) is 2.71. The van der Waals surface area contributed by atoms with Crippen molar-refractivity contribution in [1.82, 2.24) is 4.90 Å². The third-order valence-electron chi connectivity index (χ3n) is 4.06. The summed E-state index contributed by atoms with van der Waals surface area (Å²) < 4.78 is 23.1. The second-order valence-electron chi connectivity index (χ2n) is 6.05. The zero-order valence-corrected chi connectivity index (χ0v) is 15.4. The Bertz CT molecular complexity index is 744. The van der Waals surface area contributed by atoms with Gasteiger partial charge in [-0.2, -0.15) is 0 Å². The van der Waals surface area contributed by atoms with Crippen LogP contribution in [0.25, 0.3) is 0 Å². The third kappa shape index (κ3) is 4.04. The Kier molecular flexibility index (Phi) is 5.49. The molecule has 1 aliphatic rings. The van der Waals surface area contributed by atoms with Crippen LogP contribution in [0.4, 0.5) is 10.7 Å². The maximum Gasteiger partial charge on any atom is 0.304 e. The maximum absolute atomic E-state index is 12.6. The number of carbonyl (C=O) groups excluding carboxylic acids is 1. The molecule has 0 bridgehead atoms. The van der Waals surface area contributed by atoms with Crippen molar-refractivity contribution < 1.29 is 18.1 Å². The van der Waals surface area contributed by atoms with Crippen LogP contribution in [0, 0.1) is 10.1 Å². The van der Waals surface area contributed by atoms with Crippen molar-refractivity contribution in [2.45, 2.75) is 49.4 Å². The van der Waals surface area contributed by atoms with Gasteiger partial charge in [-0.25, -0.2) is 8.42 Å². The Hall–Kier alpha value is -1.68. The summed E-state index contributed by atoms with van der Waals surface area (Å²) in [6.07, 6.45) is 3.97. The smallest absolute Gasteiger partial charge is 0.304 e. The first kappa shape index (κ1) is 18.7. The van der Waals surface area contributed by atoms with Crippen LogP contribution in [0.5, 0.6) is 0 Å². The fraction of sp³-hybridized carbons (Fsp3) is 0.643. The fourth-order valence-corrected chi connectivity index (χ4v) is 4.74. The van der Waals surface area contributed by atoms with Crippen LogP contribution in [-0.2, 0) is 14.6 Å². The molecule has 0 saturated carbocycles. The van der Waals surface area contributed by atoms with Gasteiger partial charge in [0.15, 0.2) is 14.8 Å². The molecule has 1 saturated heterocycles. The Balaban J connectivity index is 2.21. The molecule has 1 aromatic heterocycles. The van der Waals surface area contributed by atoms with Gasteiger partial charge in [0.25, 0.3) is 0 Å². The molecule has 1 aliphatic heterocycles. The van der Waals surface area contributed by atoms with E-state index in [2.05, 4.69) is 5.32 Å². The number of nitrogens with zero attached hydrogens (tertiary/aromatic N) is 2. The van der Waals surface area contributed by atoms with Crippen LogP contribution >= 0.6 is 11.3 Å². The van der Waals surface area contributed by atoms with E-state index in [1.807, 2.05) is 6.92 Å². The first-order valence-corrected chi connectivity index (χ1v) is 10.4. The van der Waals surface area contributed by atoms with Gasteiger partial charge in [0, 0.05) is 24.9 Å². The Labute approximate surface area is 144 Å². The molecule has 1 N–H and O–H groups in total. The predicted octanol–water partition coefficient (Wildman–Crippen LogP) is 2.26. The summed E-state index contributed by atoms with van der Waals surface area (Å²) in [6.45, 7) is 4.29. The van der Waals surface area contributed by atoms with E-state index in [1.54, 1.807) is 11.8 Å². The van der Waals surface area contributed by atoms with Gasteiger partial charge in [0.1, 0.15) is 10.3 Å². The zero-order valence-electron chi connectivity index (χ0n) is 13.8. The normalized spacial score (nSPS) is 19.8. The van der Waals surface area contributed by atoms with Crippen LogP contribution in [-0.4, -0.2) is 49.0 Å². The van der Waals surface area contributed by atoms with Crippen molar-refractivity contribution in [2.24, 2.45) is 0 Å². The molecular weight excluding hydrogens is 354 g/mol. The van der Waals surface area contributed by atoms with Crippen molar-refractivity contribution in [1.29, 1.82) is 0 Å². The summed E-state index contributed by atoms with van der Waals surface area (Å²) in [5, 5.41) is 14.1. The van der Waals surface area contributed by atoms with Crippen molar-refractivity contribution >= 4 is 37.8 Å². The first-order valence-electron chi connectivity index (χ1n) is 7.66. The number of thiophene rings is 1. The molecule has 24 heavy (non-hydrogen) atoms. The van der Waals surface area contributed by atoms with Gasteiger partial charge in [-0.3, -0.25) is 14.9 Å². The van der Waals surface area contributed by atoms with Crippen LogP contribution in [0.3, 0.4) is 0 Å².